The molecule has 2 fully saturated rings. The second-order valence-corrected chi connectivity index (χ2v) is 9.05. The van der Waals surface area contributed by atoms with Crippen molar-refractivity contribution in [3.8, 4) is 0 Å². The van der Waals surface area contributed by atoms with E-state index >= 15 is 8.78 Å². The Morgan fingerprint density at radius 1 is 1.07 bits per heavy atom. The van der Waals surface area contributed by atoms with Gasteiger partial charge in [-0.05, 0) is 31.6 Å². The van der Waals surface area contributed by atoms with Crippen molar-refractivity contribution in [1.29, 1.82) is 0 Å². The van der Waals surface area contributed by atoms with Crippen LogP contribution in [0.4, 0.5) is 8.78 Å². The van der Waals surface area contributed by atoms with Gasteiger partial charge in [0, 0.05) is 24.4 Å². The van der Waals surface area contributed by atoms with Crippen LogP contribution in [0.3, 0.4) is 0 Å². The number of carbonyl (C=O) groups is 1. The first-order valence-electron chi connectivity index (χ1n) is 11.9. The molecule has 0 spiro atoms. The van der Waals surface area contributed by atoms with Crippen molar-refractivity contribution < 1.29 is 13.6 Å². The Kier molecular flexibility index (Phi) is 8.47. The Morgan fingerprint density at radius 2 is 1.77 bits per heavy atom. The highest BCUT2D eigenvalue weighted by atomic mass is 19.3. The van der Waals surface area contributed by atoms with Gasteiger partial charge in [0.1, 0.15) is 0 Å². The minimum atomic E-state index is -2.88. The van der Waals surface area contributed by atoms with Crippen molar-refractivity contribution >= 4 is 5.91 Å². The van der Waals surface area contributed by atoms with E-state index in [1.54, 1.807) is 24.3 Å². The van der Waals surface area contributed by atoms with Gasteiger partial charge in [0.2, 0.25) is 5.91 Å². The van der Waals surface area contributed by atoms with Gasteiger partial charge in [-0.1, -0.05) is 87.9 Å². The number of halogens is 2. The first-order chi connectivity index (χ1) is 14.5. The van der Waals surface area contributed by atoms with E-state index < -0.39 is 11.8 Å². The zero-order chi connectivity index (χ0) is 21.4. The highest BCUT2D eigenvalue weighted by molar-refractivity contribution is 5.79. The first-order valence-corrected chi connectivity index (χ1v) is 11.9. The predicted octanol–water partition coefficient (Wildman–Crippen LogP) is 7.10. The van der Waals surface area contributed by atoms with Crippen LogP contribution in [0, 0.1) is 11.8 Å². The number of hydrogen-bond acceptors (Lipinski definition) is 1. The molecule has 0 radical (unpaired) electrons. The molecule has 1 amide bonds. The topological polar surface area (TPSA) is 20.3 Å². The molecule has 1 saturated heterocycles. The van der Waals surface area contributed by atoms with Gasteiger partial charge in [0.15, 0.2) is 0 Å². The summed E-state index contributed by atoms with van der Waals surface area (Å²) in [5.41, 5.74) is 0.0954. The number of unbranched alkanes of at least 4 members (excludes halogenated alkanes) is 5. The van der Waals surface area contributed by atoms with Crippen molar-refractivity contribution in [3.05, 3.63) is 48.0 Å². The third kappa shape index (κ3) is 5.70. The summed E-state index contributed by atoms with van der Waals surface area (Å²) in [7, 11) is 0. The molecule has 166 valence electrons. The Balaban J connectivity index is 1.63. The van der Waals surface area contributed by atoms with Crippen molar-refractivity contribution in [2.45, 2.75) is 89.5 Å². The number of carbonyl (C=O) groups excluding carboxylic acids is 1. The molecule has 4 heteroatoms. The lowest BCUT2D eigenvalue weighted by atomic mass is 9.71. The van der Waals surface area contributed by atoms with Crippen LogP contribution in [0.5, 0.6) is 0 Å². The highest BCUT2D eigenvalue weighted by Crippen LogP contribution is 2.47. The van der Waals surface area contributed by atoms with E-state index in [0.717, 1.165) is 45.1 Å². The van der Waals surface area contributed by atoms with Crippen molar-refractivity contribution in [2.24, 2.45) is 11.8 Å². The Bertz CT molecular complexity index is 684. The van der Waals surface area contributed by atoms with Gasteiger partial charge in [-0.15, -0.1) is 0 Å². The van der Waals surface area contributed by atoms with Crippen molar-refractivity contribution in [2.75, 3.05) is 6.54 Å². The maximum Gasteiger partial charge on any atom is 0.279 e. The third-order valence-corrected chi connectivity index (χ3v) is 6.90. The normalized spacial score (nSPS) is 21.4. The molecule has 2 atom stereocenters. The summed E-state index contributed by atoms with van der Waals surface area (Å²) in [5, 5.41) is 0. The van der Waals surface area contributed by atoms with Crippen molar-refractivity contribution in [1.82, 2.24) is 4.90 Å². The van der Waals surface area contributed by atoms with Gasteiger partial charge in [-0.2, -0.15) is 0 Å². The fraction of sp³-hybridized carbons (Fsp3) is 0.654. The Hall–Kier alpha value is -1.71. The number of allylic oxidation sites excluding steroid dienone is 1. The lowest BCUT2D eigenvalue weighted by Gasteiger charge is -2.37. The largest absolute Gasteiger partial charge is 0.336 e. The van der Waals surface area contributed by atoms with Crippen molar-refractivity contribution in [3.63, 3.8) is 0 Å². The average molecular weight is 418 g/mol. The fourth-order valence-electron chi connectivity index (χ4n) is 4.78. The number of nitrogens with zero attached hydrogens (tertiary/aromatic N) is 1. The quantitative estimate of drug-likeness (QED) is 0.262. The molecular formula is C26H37F2NO. The monoisotopic (exact) mass is 417 g/mol. The van der Waals surface area contributed by atoms with E-state index in [4.69, 9.17) is 0 Å². The molecule has 2 aliphatic rings. The Labute approximate surface area is 180 Å². The summed E-state index contributed by atoms with van der Waals surface area (Å²) in [6.07, 6.45) is 14.8. The van der Waals surface area contributed by atoms with Gasteiger partial charge >= 0.3 is 0 Å². The Morgan fingerprint density at radius 3 is 2.43 bits per heavy atom. The number of hydrogen-bond donors (Lipinski definition) is 0. The minimum Gasteiger partial charge on any atom is -0.336 e. The average Bonchev–Trinajstić information content (AvgIpc) is 3.06. The van der Waals surface area contributed by atoms with E-state index in [2.05, 4.69) is 6.92 Å². The van der Waals surface area contributed by atoms with Crippen LogP contribution in [-0.2, 0) is 10.7 Å². The van der Waals surface area contributed by atoms with Gasteiger partial charge in [0.05, 0.1) is 6.04 Å². The van der Waals surface area contributed by atoms with Crippen LogP contribution in [0.2, 0.25) is 0 Å². The maximum absolute atomic E-state index is 15.4. The molecule has 0 N–H and O–H groups in total. The van der Waals surface area contributed by atoms with E-state index in [1.807, 2.05) is 11.0 Å². The summed E-state index contributed by atoms with van der Waals surface area (Å²) in [6.45, 7) is 2.96. The molecule has 3 rings (SSSR count). The number of alkyl halides is 2. The first kappa shape index (κ1) is 23.0. The molecule has 0 aromatic heterocycles. The van der Waals surface area contributed by atoms with Gasteiger partial charge in [-0.3, -0.25) is 4.79 Å². The highest BCUT2D eigenvalue weighted by Gasteiger charge is 2.45. The summed E-state index contributed by atoms with van der Waals surface area (Å²) in [5.74, 6) is -3.47. The molecule has 1 saturated carbocycles. The van der Waals surface area contributed by atoms with Crippen LogP contribution in [0.15, 0.2) is 42.5 Å². The zero-order valence-corrected chi connectivity index (χ0v) is 18.4. The van der Waals surface area contributed by atoms with E-state index in [1.165, 1.54) is 37.8 Å². The maximum atomic E-state index is 15.4. The molecule has 1 heterocycles. The number of likely N-dealkylation sites (tertiary alicyclic amines) is 1. The summed E-state index contributed by atoms with van der Waals surface area (Å²) < 4.78 is 30.7. The SMILES string of the molecule is CCCCCCCCN1C(=O)CCC1/C=C/C(C1CCC1)C(F)(F)c1ccccc1. The van der Waals surface area contributed by atoms with Crippen LogP contribution >= 0.6 is 0 Å². The van der Waals surface area contributed by atoms with E-state index in [-0.39, 0.29) is 23.4 Å². The molecule has 1 aliphatic heterocycles. The van der Waals surface area contributed by atoms with Crippen LogP contribution in [-0.4, -0.2) is 23.4 Å². The lowest BCUT2D eigenvalue weighted by Crippen LogP contribution is -2.36. The smallest absolute Gasteiger partial charge is 0.279 e. The van der Waals surface area contributed by atoms with Crippen LogP contribution < -0.4 is 0 Å². The minimum absolute atomic E-state index is 0.0257. The van der Waals surface area contributed by atoms with Crippen LogP contribution in [0.1, 0.15) is 83.1 Å². The number of benzene rings is 1. The van der Waals surface area contributed by atoms with Crippen LogP contribution in [0.25, 0.3) is 0 Å². The molecule has 2 unspecified atom stereocenters. The molecule has 1 aromatic carbocycles. The summed E-state index contributed by atoms with van der Waals surface area (Å²) in [6, 6.07) is 8.18. The summed E-state index contributed by atoms with van der Waals surface area (Å²) in [4.78, 5) is 14.3. The predicted molar refractivity (Wildman–Crippen MR) is 118 cm³/mol. The molecule has 30 heavy (non-hydrogen) atoms. The number of rotatable bonds is 12. The van der Waals surface area contributed by atoms with Gasteiger partial charge in [-0.25, -0.2) is 8.78 Å². The molecular weight excluding hydrogens is 380 g/mol. The summed E-state index contributed by atoms with van der Waals surface area (Å²) >= 11 is 0. The fourth-order valence-corrected chi connectivity index (χ4v) is 4.78. The molecule has 2 nitrogen and oxygen atoms in total. The number of amides is 1. The molecule has 1 aromatic rings. The zero-order valence-electron chi connectivity index (χ0n) is 18.4. The lowest BCUT2D eigenvalue weighted by molar-refractivity contribution is -0.128. The molecule has 0 bridgehead atoms. The third-order valence-electron chi connectivity index (χ3n) is 6.90. The molecule has 1 aliphatic carbocycles. The van der Waals surface area contributed by atoms with E-state index in [9.17, 15) is 4.79 Å². The van der Waals surface area contributed by atoms with E-state index in [0.29, 0.717) is 6.42 Å². The second kappa shape index (κ2) is 11.1. The van der Waals surface area contributed by atoms with Gasteiger partial charge in [0.25, 0.3) is 5.92 Å². The standard InChI is InChI=1S/C26H37F2NO/c1-2-3-4-5-6-10-20-29-23(17-19-25(29)30)16-18-24(21-12-11-13-21)26(27,28)22-14-8-7-9-15-22/h7-9,14-16,18,21,23-24H,2-6,10-13,17,19-20H2,1H3/b18-16+. The van der Waals surface area contributed by atoms with Gasteiger partial charge < -0.3 is 4.90 Å². The second-order valence-electron chi connectivity index (χ2n) is 9.05.